The molecule has 1 amide bonds. The Morgan fingerprint density at radius 2 is 1.56 bits per heavy atom. The predicted molar refractivity (Wildman–Crippen MR) is 123 cm³/mol. The molecule has 0 saturated carbocycles. The number of sulfone groups is 2. The third-order valence-corrected chi connectivity index (χ3v) is 8.32. The Morgan fingerprint density at radius 3 is 2.22 bits per heavy atom. The van der Waals surface area contributed by atoms with Gasteiger partial charge in [0, 0.05) is 24.1 Å². The molecule has 1 heterocycles. The van der Waals surface area contributed by atoms with Crippen LogP contribution in [0.1, 0.15) is 27.9 Å². The number of nitrogens with zero attached hydrogens (tertiary/aromatic N) is 1. The van der Waals surface area contributed by atoms with E-state index in [1.807, 2.05) is 0 Å². The molecule has 0 spiro atoms. The number of fused-ring (bicyclic) bond motifs is 1. The fourth-order valence-corrected chi connectivity index (χ4v) is 5.89. The number of benzene rings is 3. The summed E-state index contributed by atoms with van der Waals surface area (Å²) in [5, 5.41) is 0. The Balaban J connectivity index is 1.55. The van der Waals surface area contributed by atoms with Crippen LogP contribution in [0.4, 0.5) is 5.69 Å². The van der Waals surface area contributed by atoms with Crippen molar-refractivity contribution in [3.05, 3.63) is 89.5 Å². The van der Waals surface area contributed by atoms with E-state index in [1.54, 1.807) is 71.6 Å². The molecule has 1 aliphatic heterocycles. The molecular formula is C24H23NO5S2. The molecule has 0 aliphatic carbocycles. The predicted octanol–water partition coefficient (Wildman–Crippen LogP) is 3.66. The van der Waals surface area contributed by atoms with Gasteiger partial charge in [-0.15, -0.1) is 0 Å². The van der Waals surface area contributed by atoms with Gasteiger partial charge >= 0.3 is 0 Å². The number of hydrogen-bond acceptors (Lipinski definition) is 5. The highest BCUT2D eigenvalue weighted by molar-refractivity contribution is 7.91. The monoisotopic (exact) mass is 469 g/mol. The number of rotatable bonds is 5. The van der Waals surface area contributed by atoms with Gasteiger partial charge in [-0.25, -0.2) is 16.8 Å². The Bertz CT molecular complexity index is 1360. The van der Waals surface area contributed by atoms with Crippen molar-refractivity contribution in [3.8, 4) is 0 Å². The molecule has 3 aromatic carbocycles. The maximum absolute atomic E-state index is 13.2. The summed E-state index contributed by atoms with van der Waals surface area (Å²) in [4.78, 5) is 15.3. The molecule has 3 aromatic rings. The van der Waals surface area contributed by atoms with Crippen LogP contribution in [-0.2, 0) is 31.8 Å². The first-order valence-electron chi connectivity index (χ1n) is 10.2. The Hall–Kier alpha value is -2.97. The van der Waals surface area contributed by atoms with Crippen LogP contribution in [0.3, 0.4) is 0 Å². The number of carbonyl (C=O) groups excluding carboxylic acids is 1. The minimum Gasteiger partial charge on any atom is -0.308 e. The van der Waals surface area contributed by atoms with Gasteiger partial charge in [0.15, 0.2) is 19.7 Å². The van der Waals surface area contributed by atoms with Crippen LogP contribution in [0, 0.1) is 0 Å². The van der Waals surface area contributed by atoms with E-state index >= 15 is 0 Å². The molecule has 6 nitrogen and oxygen atoms in total. The molecule has 0 N–H and O–H groups in total. The molecule has 0 unspecified atom stereocenters. The lowest BCUT2D eigenvalue weighted by molar-refractivity contribution is 0.0985. The quantitative estimate of drug-likeness (QED) is 0.569. The summed E-state index contributed by atoms with van der Waals surface area (Å²) in [6.07, 6.45) is 2.61. The molecule has 0 radical (unpaired) electrons. The van der Waals surface area contributed by atoms with Crippen LogP contribution in [0.25, 0.3) is 0 Å². The molecule has 0 bridgehead atoms. The standard InChI is InChI=1S/C24H23NO5S2/c1-31(27,28)22-13-14-23-20(16-22)6-5-15-25(23)24(26)19-11-9-18(10-12-19)17-32(29,30)21-7-3-2-4-8-21/h2-4,7-14,16H,5-6,15,17H2,1H3. The average molecular weight is 470 g/mol. The van der Waals surface area contributed by atoms with Gasteiger partial charge in [0.05, 0.1) is 15.5 Å². The number of aryl methyl sites for hydroxylation is 1. The zero-order valence-corrected chi connectivity index (χ0v) is 19.2. The molecule has 32 heavy (non-hydrogen) atoms. The zero-order chi connectivity index (χ0) is 22.9. The van der Waals surface area contributed by atoms with E-state index in [1.165, 1.54) is 12.3 Å². The van der Waals surface area contributed by atoms with Crippen molar-refractivity contribution in [2.45, 2.75) is 28.4 Å². The number of carbonyl (C=O) groups is 1. The third-order valence-electron chi connectivity index (χ3n) is 5.50. The lowest BCUT2D eigenvalue weighted by Gasteiger charge is -2.30. The number of hydrogen-bond donors (Lipinski definition) is 0. The lowest BCUT2D eigenvalue weighted by atomic mass is 10.0. The summed E-state index contributed by atoms with van der Waals surface area (Å²) < 4.78 is 48.9. The van der Waals surface area contributed by atoms with Crippen molar-refractivity contribution in [2.75, 3.05) is 17.7 Å². The van der Waals surface area contributed by atoms with E-state index in [-0.39, 0.29) is 21.5 Å². The molecule has 0 saturated heterocycles. The normalized spacial score (nSPS) is 14.1. The fraction of sp³-hybridized carbons (Fsp3) is 0.208. The fourth-order valence-electron chi connectivity index (χ4n) is 3.85. The van der Waals surface area contributed by atoms with Gasteiger partial charge in [-0.05, 0) is 66.4 Å². The van der Waals surface area contributed by atoms with Gasteiger partial charge in [0.1, 0.15) is 0 Å². The van der Waals surface area contributed by atoms with Gasteiger partial charge < -0.3 is 4.90 Å². The van der Waals surface area contributed by atoms with Gasteiger partial charge in [-0.2, -0.15) is 0 Å². The molecule has 0 aromatic heterocycles. The van der Waals surface area contributed by atoms with Crippen LogP contribution < -0.4 is 4.90 Å². The highest BCUT2D eigenvalue weighted by Gasteiger charge is 2.25. The first-order valence-corrected chi connectivity index (χ1v) is 13.7. The smallest absolute Gasteiger partial charge is 0.258 e. The summed E-state index contributed by atoms with van der Waals surface area (Å²) in [6.45, 7) is 0.536. The maximum Gasteiger partial charge on any atom is 0.258 e. The second-order valence-electron chi connectivity index (χ2n) is 7.89. The van der Waals surface area contributed by atoms with E-state index < -0.39 is 19.7 Å². The van der Waals surface area contributed by atoms with Crippen LogP contribution in [0.15, 0.2) is 82.6 Å². The molecule has 8 heteroatoms. The van der Waals surface area contributed by atoms with E-state index in [0.717, 1.165) is 12.0 Å². The van der Waals surface area contributed by atoms with Crippen LogP contribution >= 0.6 is 0 Å². The van der Waals surface area contributed by atoms with E-state index in [2.05, 4.69) is 0 Å². The topological polar surface area (TPSA) is 88.6 Å². The first kappa shape index (κ1) is 22.2. The summed E-state index contributed by atoms with van der Waals surface area (Å²) in [6, 6.07) is 19.7. The molecule has 166 valence electrons. The highest BCUT2D eigenvalue weighted by Crippen LogP contribution is 2.30. The van der Waals surface area contributed by atoms with Gasteiger partial charge in [-0.3, -0.25) is 4.79 Å². The largest absolute Gasteiger partial charge is 0.308 e. The van der Waals surface area contributed by atoms with Crippen molar-refractivity contribution >= 4 is 31.3 Å². The van der Waals surface area contributed by atoms with Crippen molar-refractivity contribution in [1.29, 1.82) is 0 Å². The van der Waals surface area contributed by atoms with Crippen molar-refractivity contribution in [3.63, 3.8) is 0 Å². The zero-order valence-electron chi connectivity index (χ0n) is 17.6. The van der Waals surface area contributed by atoms with Crippen molar-refractivity contribution < 1.29 is 21.6 Å². The van der Waals surface area contributed by atoms with Crippen molar-refractivity contribution in [2.24, 2.45) is 0 Å². The molecule has 4 rings (SSSR count). The Kier molecular flexibility index (Phi) is 5.92. The van der Waals surface area contributed by atoms with E-state index in [9.17, 15) is 21.6 Å². The Labute approximate surface area is 188 Å². The number of amides is 1. The summed E-state index contributed by atoms with van der Waals surface area (Å²) in [7, 11) is -6.79. The molecule has 1 aliphatic rings. The van der Waals surface area contributed by atoms with E-state index in [0.29, 0.717) is 29.8 Å². The third kappa shape index (κ3) is 4.61. The summed E-state index contributed by atoms with van der Waals surface area (Å²) in [5.74, 6) is -0.345. The van der Waals surface area contributed by atoms with Gasteiger partial charge in [-0.1, -0.05) is 30.3 Å². The molecule has 0 atom stereocenters. The second kappa shape index (κ2) is 8.52. The van der Waals surface area contributed by atoms with Gasteiger partial charge in [0.25, 0.3) is 5.91 Å². The van der Waals surface area contributed by atoms with Crippen LogP contribution in [-0.4, -0.2) is 35.5 Å². The molecule has 0 fully saturated rings. The number of anilines is 1. The second-order valence-corrected chi connectivity index (χ2v) is 11.9. The first-order chi connectivity index (χ1) is 15.1. The summed E-state index contributed by atoms with van der Waals surface area (Å²) >= 11 is 0. The minimum absolute atomic E-state index is 0.147. The molecular weight excluding hydrogens is 446 g/mol. The lowest BCUT2D eigenvalue weighted by Crippen LogP contribution is -2.35. The van der Waals surface area contributed by atoms with Crippen LogP contribution in [0.5, 0.6) is 0 Å². The maximum atomic E-state index is 13.2. The SMILES string of the molecule is CS(=O)(=O)c1ccc2c(c1)CCCN2C(=O)c1ccc(CS(=O)(=O)c2ccccc2)cc1. The Morgan fingerprint density at radius 1 is 0.875 bits per heavy atom. The minimum atomic E-state index is -3.47. The van der Waals surface area contributed by atoms with E-state index in [4.69, 9.17) is 0 Å². The highest BCUT2D eigenvalue weighted by atomic mass is 32.2. The van der Waals surface area contributed by atoms with Crippen molar-refractivity contribution in [1.82, 2.24) is 0 Å². The van der Waals surface area contributed by atoms with Gasteiger partial charge in [0.2, 0.25) is 0 Å². The van der Waals surface area contributed by atoms with Crippen LogP contribution in [0.2, 0.25) is 0 Å². The average Bonchev–Trinajstić information content (AvgIpc) is 2.78. The summed E-state index contributed by atoms with van der Waals surface area (Å²) in [5.41, 5.74) is 2.59.